The third kappa shape index (κ3) is 4.30. The highest BCUT2D eigenvalue weighted by Gasteiger charge is 2.22. The molecule has 1 aliphatic heterocycles. The molecule has 1 N–H and O–H groups in total. The Morgan fingerprint density at radius 2 is 1.58 bits per heavy atom. The molecule has 0 aliphatic carbocycles. The van der Waals surface area contributed by atoms with Gasteiger partial charge in [-0.2, -0.15) is 0 Å². The van der Waals surface area contributed by atoms with Crippen LogP contribution in [0.1, 0.15) is 15.9 Å². The maximum Gasteiger partial charge on any atom is 0.253 e. The van der Waals surface area contributed by atoms with Gasteiger partial charge in [-0.15, -0.1) is 0 Å². The van der Waals surface area contributed by atoms with Crippen LogP contribution >= 0.6 is 0 Å². The minimum atomic E-state index is -3.48. The van der Waals surface area contributed by atoms with Crippen LogP contribution in [0.25, 0.3) is 0 Å². The van der Waals surface area contributed by atoms with Crippen LogP contribution in [-0.4, -0.2) is 57.4 Å². The van der Waals surface area contributed by atoms with Crippen molar-refractivity contribution in [2.45, 2.75) is 11.4 Å². The summed E-state index contributed by atoms with van der Waals surface area (Å²) in [6.07, 6.45) is 0. The van der Waals surface area contributed by atoms with Crippen LogP contribution in [0.5, 0.6) is 0 Å². The number of sulfonamides is 1. The third-order valence-corrected chi connectivity index (χ3v) is 6.02. The second kappa shape index (κ2) is 7.99. The van der Waals surface area contributed by atoms with E-state index in [1.165, 1.54) is 24.7 Å². The van der Waals surface area contributed by atoms with E-state index in [9.17, 15) is 13.2 Å². The molecule has 0 unspecified atom stereocenters. The van der Waals surface area contributed by atoms with Crippen LogP contribution in [0.4, 0.5) is 0 Å². The highest BCUT2D eigenvalue weighted by molar-refractivity contribution is 7.89. The van der Waals surface area contributed by atoms with Gasteiger partial charge in [-0.3, -0.25) is 9.69 Å². The first-order valence-electron chi connectivity index (χ1n) is 8.59. The molecule has 0 aromatic heterocycles. The molecule has 3 rings (SSSR count). The van der Waals surface area contributed by atoms with Crippen LogP contribution in [0.2, 0.25) is 0 Å². The summed E-state index contributed by atoms with van der Waals surface area (Å²) in [5.74, 6) is -0.0576. The largest absolute Gasteiger partial charge is 0.336 e. The Balaban J connectivity index is 1.58. The summed E-state index contributed by atoms with van der Waals surface area (Å²) in [7, 11) is -2.12. The first-order chi connectivity index (χ1) is 12.5. The van der Waals surface area contributed by atoms with Crippen molar-refractivity contribution in [3.05, 3.63) is 65.7 Å². The van der Waals surface area contributed by atoms with Crippen molar-refractivity contribution >= 4 is 15.9 Å². The maximum atomic E-state index is 12.6. The minimum Gasteiger partial charge on any atom is -0.336 e. The summed E-state index contributed by atoms with van der Waals surface area (Å²) in [5, 5.41) is 0. The lowest BCUT2D eigenvalue weighted by atomic mass is 10.1. The molecule has 0 atom stereocenters. The van der Waals surface area contributed by atoms with Crippen molar-refractivity contribution in [3.8, 4) is 0 Å². The van der Waals surface area contributed by atoms with Crippen molar-refractivity contribution < 1.29 is 13.2 Å². The zero-order chi connectivity index (χ0) is 18.6. The van der Waals surface area contributed by atoms with Gasteiger partial charge in [-0.25, -0.2) is 13.1 Å². The number of hydrogen-bond donors (Lipinski definition) is 1. The van der Waals surface area contributed by atoms with Gasteiger partial charge in [-0.1, -0.05) is 30.3 Å². The minimum absolute atomic E-state index is 0.0576. The molecule has 1 saturated heterocycles. The zero-order valence-corrected chi connectivity index (χ0v) is 15.6. The first-order valence-corrected chi connectivity index (χ1v) is 10.1. The molecule has 2 aromatic carbocycles. The van der Waals surface area contributed by atoms with Crippen molar-refractivity contribution in [3.63, 3.8) is 0 Å². The SMILES string of the molecule is CNS(=O)(=O)c1ccc(C(=O)N2CCN(Cc3ccccc3)CC2)cc1. The Bertz CT molecular complexity index is 843. The highest BCUT2D eigenvalue weighted by atomic mass is 32.2. The highest BCUT2D eigenvalue weighted by Crippen LogP contribution is 2.14. The number of nitrogens with one attached hydrogen (secondary N) is 1. The first kappa shape index (κ1) is 18.6. The number of carbonyl (C=O) groups is 1. The molecule has 138 valence electrons. The lowest BCUT2D eigenvalue weighted by Gasteiger charge is -2.34. The number of carbonyl (C=O) groups excluding carboxylic acids is 1. The molecule has 0 spiro atoms. The quantitative estimate of drug-likeness (QED) is 0.863. The molecule has 6 nitrogen and oxygen atoms in total. The van der Waals surface area contributed by atoms with Gasteiger partial charge >= 0.3 is 0 Å². The van der Waals surface area contributed by atoms with Gasteiger partial charge in [0.05, 0.1) is 4.90 Å². The third-order valence-electron chi connectivity index (χ3n) is 4.59. The van der Waals surface area contributed by atoms with Crippen LogP contribution < -0.4 is 4.72 Å². The van der Waals surface area contributed by atoms with Gasteiger partial charge in [0.25, 0.3) is 5.91 Å². The fourth-order valence-electron chi connectivity index (χ4n) is 3.03. The number of benzene rings is 2. The van der Waals surface area contributed by atoms with E-state index in [0.29, 0.717) is 18.7 Å². The smallest absolute Gasteiger partial charge is 0.253 e. The lowest BCUT2D eigenvalue weighted by Crippen LogP contribution is -2.48. The number of piperazine rings is 1. The van der Waals surface area contributed by atoms with E-state index in [2.05, 4.69) is 21.8 Å². The zero-order valence-electron chi connectivity index (χ0n) is 14.8. The topological polar surface area (TPSA) is 69.7 Å². The van der Waals surface area contributed by atoms with Gasteiger partial charge in [0.15, 0.2) is 0 Å². The summed E-state index contributed by atoms with van der Waals surface area (Å²) in [5.41, 5.74) is 1.78. The molecule has 0 bridgehead atoms. The summed E-state index contributed by atoms with van der Waals surface area (Å²) in [6, 6.07) is 16.4. The van der Waals surface area contributed by atoms with Gasteiger partial charge in [-0.05, 0) is 36.9 Å². The molecule has 1 fully saturated rings. The van der Waals surface area contributed by atoms with E-state index in [4.69, 9.17) is 0 Å². The van der Waals surface area contributed by atoms with Crippen molar-refractivity contribution in [1.82, 2.24) is 14.5 Å². The molecule has 7 heteroatoms. The molecule has 0 saturated carbocycles. The molecule has 26 heavy (non-hydrogen) atoms. The van der Waals surface area contributed by atoms with Crippen LogP contribution in [0, 0.1) is 0 Å². The van der Waals surface area contributed by atoms with Crippen molar-refractivity contribution in [2.75, 3.05) is 33.2 Å². The van der Waals surface area contributed by atoms with E-state index in [1.807, 2.05) is 23.1 Å². The molecular weight excluding hydrogens is 350 g/mol. The average molecular weight is 373 g/mol. The van der Waals surface area contributed by atoms with Crippen molar-refractivity contribution in [1.29, 1.82) is 0 Å². The van der Waals surface area contributed by atoms with Crippen LogP contribution in [-0.2, 0) is 16.6 Å². The molecule has 1 aliphatic rings. The Labute approximate surface area is 154 Å². The van der Waals surface area contributed by atoms with Gasteiger partial charge in [0.1, 0.15) is 0 Å². The maximum absolute atomic E-state index is 12.6. The normalized spacial score (nSPS) is 15.8. The molecule has 2 aromatic rings. The van der Waals surface area contributed by atoms with Gasteiger partial charge in [0.2, 0.25) is 10.0 Å². The van der Waals surface area contributed by atoms with Crippen LogP contribution in [0.15, 0.2) is 59.5 Å². The lowest BCUT2D eigenvalue weighted by molar-refractivity contribution is 0.0628. The van der Waals surface area contributed by atoms with Crippen LogP contribution in [0.3, 0.4) is 0 Å². The van der Waals surface area contributed by atoms with Gasteiger partial charge in [0, 0.05) is 38.3 Å². The van der Waals surface area contributed by atoms with E-state index in [-0.39, 0.29) is 10.8 Å². The number of nitrogens with zero attached hydrogens (tertiary/aromatic N) is 2. The Morgan fingerprint density at radius 3 is 2.15 bits per heavy atom. The second-order valence-electron chi connectivity index (χ2n) is 6.29. The van der Waals surface area contributed by atoms with E-state index < -0.39 is 10.0 Å². The summed E-state index contributed by atoms with van der Waals surface area (Å²) < 4.78 is 25.8. The Morgan fingerprint density at radius 1 is 0.962 bits per heavy atom. The Hall–Kier alpha value is -2.22. The summed E-state index contributed by atoms with van der Waals surface area (Å²) in [6.45, 7) is 3.88. The van der Waals surface area contributed by atoms with Gasteiger partial charge < -0.3 is 4.90 Å². The number of hydrogen-bond acceptors (Lipinski definition) is 4. The second-order valence-corrected chi connectivity index (χ2v) is 8.17. The Kier molecular flexibility index (Phi) is 5.70. The molecule has 0 radical (unpaired) electrons. The number of amides is 1. The molecule has 1 amide bonds. The summed E-state index contributed by atoms with van der Waals surface area (Å²) in [4.78, 5) is 17.0. The predicted octanol–water partition coefficient (Wildman–Crippen LogP) is 1.55. The summed E-state index contributed by atoms with van der Waals surface area (Å²) >= 11 is 0. The van der Waals surface area contributed by atoms with Crippen molar-refractivity contribution in [2.24, 2.45) is 0 Å². The van der Waals surface area contributed by atoms with E-state index in [0.717, 1.165) is 19.6 Å². The molecular formula is C19H23N3O3S. The average Bonchev–Trinajstić information content (AvgIpc) is 2.69. The number of rotatable bonds is 5. The predicted molar refractivity (Wildman–Crippen MR) is 100 cm³/mol. The van der Waals surface area contributed by atoms with E-state index in [1.54, 1.807) is 12.1 Å². The fraction of sp³-hybridized carbons (Fsp3) is 0.316. The molecule has 1 heterocycles. The van der Waals surface area contributed by atoms with E-state index >= 15 is 0 Å². The monoisotopic (exact) mass is 373 g/mol. The standard InChI is InChI=1S/C19H23N3O3S/c1-20-26(24,25)18-9-7-17(8-10-18)19(23)22-13-11-21(12-14-22)15-16-5-3-2-4-6-16/h2-10,20H,11-15H2,1H3. The fourth-order valence-corrected chi connectivity index (χ4v) is 3.76.